The molecule has 1 aliphatic rings. The number of piperazine rings is 1. The van der Waals surface area contributed by atoms with Gasteiger partial charge in [-0.05, 0) is 34.5 Å². The highest BCUT2D eigenvalue weighted by atomic mass is 35.5. The number of carbonyl (C=O) groups excluding carboxylic acids is 1. The Hall–Kier alpha value is -1.89. The first-order valence-electron chi connectivity index (χ1n) is 7.49. The number of carbonyl (C=O) groups is 1. The Bertz CT molecular complexity index is 911. The average Bonchev–Trinajstić information content (AvgIpc) is 2.55. The first-order valence-corrected chi connectivity index (χ1v) is 9.37. The minimum absolute atomic E-state index is 0.157. The third-order valence-electron chi connectivity index (χ3n) is 4.05. The smallest absolute Gasteiger partial charge is 0.235 e. The molecule has 7 heteroatoms. The van der Waals surface area contributed by atoms with Crippen LogP contribution >= 0.6 is 11.6 Å². The van der Waals surface area contributed by atoms with E-state index in [1.807, 2.05) is 24.3 Å². The first kappa shape index (κ1) is 17.0. The summed E-state index contributed by atoms with van der Waals surface area (Å²) in [6, 6.07) is 10.9. The van der Waals surface area contributed by atoms with Gasteiger partial charge in [0, 0.05) is 18.1 Å². The summed E-state index contributed by atoms with van der Waals surface area (Å²) in [5, 5.41) is 4.19. The van der Waals surface area contributed by atoms with Crippen LogP contribution in [0.4, 0.5) is 0 Å². The van der Waals surface area contributed by atoms with Gasteiger partial charge in [0.05, 0.1) is 6.54 Å². The van der Waals surface area contributed by atoms with E-state index >= 15 is 0 Å². The fourth-order valence-corrected chi connectivity index (χ4v) is 4.71. The highest BCUT2D eigenvalue weighted by Crippen LogP contribution is 2.30. The lowest BCUT2D eigenvalue weighted by molar-refractivity contribution is -0.122. The van der Waals surface area contributed by atoms with Gasteiger partial charge in [0.15, 0.2) is 0 Å². The van der Waals surface area contributed by atoms with Gasteiger partial charge in [0.2, 0.25) is 15.9 Å². The quantitative estimate of drug-likeness (QED) is 0.847. The minimum atomic E-state index is -3.71. The van der Waals surface area contributed by atoms with E-state index in [1.54, 1.807) is 12.1 Å². The van der Waals surface area contributed by atoms with E-state index in [1.165, 1.54) is 10.4 Å². The van der Waals surface area contributed by atoms with Crippen LogP contribution in [0.3, 0.4) is 0 Å². The number of fused-ring (bicyclic) bond motifs is 1. The Kier molecular flexibility index (Phi) is 4.62. The van der Waals surface area contributed by atoms with Crippen LogP contribution in [0.2, 0.25) is 5.02 Å². The second-order valence-electron chi connectivity index (χ2n) is 5.64. The lowest BCUT2D eigenvalue weighted by atomic mass is 10.0. The molecule has 1 fully saturated rings. The summed E-state index contributed by atoms with van der Waals surface area (Å²) in [5.74, 6) is -0.291. The van der Waals surface area contributed by atoms with Crippen LogP contribution in [-0.2, 0) is 14.8 Å². The largest absolute Gasteiger partial charge is 0.354 e. The lowest BCUT2D eigenvalue weighted by Gasteiger charge is -2.29. The zero-order valence-corrected chi connectivity index (χ0v) is 14.5. The van der Waals surface area contributed by atoms with Crippen molar-refractivity contribution in [1.29, 1.82) is 0 Å². The van der Waals surface area contributed by atoms with Gasteiger partial charge in [0.1, 0.15) is 5.25 Å². The normalized spacial score (nSPS) is 17.5. The Morgan fingerprint density at radius 3 is 2.62 bits per heavy atom. The van der Waals surface area contributed by atoms with Gasteiger partial charge in [-0.3, -0.25) is 4.79 Å². The highest BCUT2D eigenvalue weighted by Gasteiger charge is 2.34. The molecule has 1 aliphatic heterocycles. The number of hydrogen-bond donors (Lipinski definition) is 1. The van der Waals surface area contributed by atoms with Crippen LogP contribution < -0.4 is 5.32 Å². The maximum absolute atomic E-state index is 12.9. The van der Waals surface area contributed by atoms with Crippen molar-refractivity contribution in [3.63, 3.8) is 0 Å². The van der Waals surface area contributed by atoms with Crippen molar-refractivity contribution in [1.82, 2.24) is 9.62 Å². The molecular weight excluding hydrogens is 348 g/mol. The van der Waals surface area contributed by atoms with Gasteiger partial charge < -0.3 is 5.32 Å². The molecule has 1 unspecified atom stereocenters. The number of hydrogen-bond acceptors (Lipinski definition) is 3. The second kappa shape index (κ2) is 6.55. The summed E-state index contributed by atoms with van der Waals surface area (Å²) in [5.41, 5.74) is 0.616. The molecule has 1 heterocycles. The van der Waals surface area contributed by atoms with E-state index in [2.05, 4.69) is 11.9 Å². The molecule has 0 bridgehead atoms. The van der Waals surface area contributed by atoms with E-state index in [9.17, 15) is 13.2 Å². The van der Waals surface area contributed by atoms with Crippen molar-refractivity contribution in [3.05, 3.63) is 59.6 Å². The van der Waals surface area contributed by atoms with Crippen LogP contribution in [0.25, 0.3) is 10.8 Å². The summed E-state index contributed by atoms with van der Waals surface area (Å²) in [6.07, 6.45) is 1.40. The molecule has 1 N–H and O–H groups in total. The molecule has 0 aliphatic carbocycles. The van der Waals surface area contributed by atoms with E-state index in [0.29, 0.717) is 17.1 Å². The van der Waals surface area contributed by atoms with Crippen LogP contribution in [0, 0.1) is 0 Å². The van der Waals surface area contributed by atoms with Crippen molar-refractivity contribution in [2.24, 2.45) is 0 Å². The van der Waals surface area contributed by atoms with Crippen molar-refractivity contribution in [3.8, 4) is 0 Å². The number of nitrogens with zero attached hydrogens (tertiary/aromatic N) is 1. The van der Waals surface area contributed by atoms with E-state index in [-0.39, 0.29) is 19.0 Å². The Balaban J connectivity index is 2.00. The van der Waals surface area contributed by atoms with Crippen LogP contribution in [0.5, 0.6) is 0 Å². The lowest BCUT2D eigenvalue weighted by Crippen LogP contribution is -2.50. The minimum Gasteiger partial charge on any atom is -0.354 e. The zero-order valence-electron chi connectivity index (χ0n) is 12.9. The summed E-state index contributed by atoms with van der Waals surface area (Å²) < 4.78 is 27.0. The fraction of sp³-hybridized carbons (Fsp3) is 0.235. The van der Waals surface area contributed by atoms with Gasteiger partial charge in [-0.2, -0.15) is 4.31 Å². The van der Waals surface area contributed by atoms with Crippen LogP contribution in [0.15, 0.2) is 49.1 Å². The molecule has 5 nitrogen and oxygen atoms in total. The first-order chi connectivity index (χ1) is 11.4. The number of nitrogens with one attached hydrogen (secondary N) is 1. The van der Waals surface area contributed by atoms with Gasteiger partial charge in [-0.1, -0.05) is 35.9 Å². The SMILES string of the molecule is C=CC(c1ccc2cc(Cl)ccc2c1)S(=O)(=O)N1CCNC(=O)C1. The van der Waals surface area contributed by atoms with E-state index < -0.39 is 15.3 Å². The molecule has 126 valence electrons. The third kappa shape index (κ3) is 3.17. The topological polar surface area (TPSA) is 66.5 Å². The number of sulfonamides is 1. The molecule has 0 radical (unpaired) electrons. The molecule has 2 aromatic carbocycles. The zero-order chi connectivity index (χ0) is 17.3. The van der Waals surface area contributed by atoms with Gasteiger partial charge >= 0.3 is 0 Å². The second-order valence-corrected chi connectivity index (χ2v) is 8.13. The number of benzene rings is 2. The molecule has 1 atom stereocenters. The number of amides is 1. The van der Waals surface area contributed by atoms with Gasteiger partial charge in [-0.15, -0.1) is 6.58 Å². The Morgan fingerprint density at radius 1 is 1.21 bits per heavy atom. The van der Waals surface area contributed by atoms with E-state index in [4.69, 9.17) is 11.6 Å². The highest BCUT2D eigenvalue weighted by molar-refractivity contribution is 7.89. The average molecular weight is 365 g/mol. The van der Waals surface area contributed by atoms with Gasteiger partial charge in [0.25, 0.3) is 0 Å². The maximum Gasteiger partial charge on any atom is 0.235 e. The molecule has 3 rings (SSSR count). The molecule has 2 aromatic rings. The van der Waals surface area contributed by atoms with Crippen molar-refractivity contribution in [2.45, 2.75) is 5.25 Å². The molecular formula is C17H17ClN2O3S. The molecule has 0 aromatic heterocycles. The molecule has 0 spiro atoms. The fourth-order valence-electron chi connectivity index (χ4n) is 2.83. The predicted octanol–water partition coefficient (Wildman–Crippen LogP) is 2.48. The maximum atomic E-state index is 12.9. The predicted molar refractivity (Wildman–Crippen MR) is 95.4 cm³/mol. The number of halogens is 1. The Morgan fingerprint density at radius 2 is 1.92 bits per heavy atom. The molecule has 0 saturated carbocycles. The number of rotatable bonds is 4. The summed E-state index contributed by atoms with van der Waals surface area (Å²) in [6.45, 7) is 4.11. The molecule has 1 amide bonds. The van der Waals surface area contributed by atoms with Crippen molar-refractivity contribution < 1.29 is 13.2 Å². The molecule has 1 saturated heterocycles. The summed E-state index contributed by atoms with van der Waals surface area (Å²) >= 11 is 5.98. The summed E-state index contributed by atoms with van der Waals surface area (Å²) in [4.78, 5) is 11.5. The summed E-state index contributed by atoms with van der Waals surface area (Å²) in [7, 11) is -3.71. The van der Waals surface area contributed by atoms with E-state index in [0.717, 1.165) is 10.8 Å². The van der Waals surface area contributed by atoms with Crippen LogP contribution in [0.1, 0.15) is 10.8 Å². The standard InChI is InChI=1S/C17H17ClN2O3S/c1-2-16(24(22,23)20-8-7-19-17(21)11-20)14-4-3-13-10-15(18)6-5-12(13)9-14/h2-6,9-10,16H,1,7-8,11H2,(H,19,21). The molecule has 24 heavy (non-hydrogen) atoms. The van der Waals surface area contributed by atoms with Crippen molar-refractivity contribution in [2.75, 3.05) is 19.6 Å². The monoisotopic (exact) mass is 364 g/mol. The third-order valence-corrected chi connectivity index (χ3v) is 6.43. The van der Waals surface area contributed by atoms with Gasteiger partial charge in [-0.25, -0.2) is 8.42 Å². The van der Waals surface area contributed by atoms with Crippen molar-refractivity contribution >= 4 is 38.3 Å². The van der Waals surface area contributed by atoms with Crippen LogP contribution in [-0.4, -0.2) is 38.3 Å². The Labute approximate surface area is 146 Å².